The Balaban J connectivity index is 2.39. The molecule has 0 spiro atoms. The van der Waals surface area contributed by atoms with Gasteiger partial charge in [0.05, 0.1) is 18.0 Å². The van der Waals surface area contributed by atoms with Crippen LogP contribution in [0.15, 0.2) is 36.4 Å². The Morgan fingerprint density at radius 3 is 2.10 bits per heavy atom. The minimum absolute atomic E-state index is 0.225. The molecule has 2 aromatic rings. The average Bonchev–Trinajstić information content (AvgIpc) is 2.59. The van der Waals surface area contributed by atoms with Gasteiger partial charge in [0.1, 0.15) is 6.04 Å². The van der Waals surface area contributed by atoms with E-state index in [0.29, 0.717) is 12.1 Å². The normalized spacial score (nSPS) is 13.6. The van der Waals surface area contributed by atoms with Gasteiger partial charge in [0.2, 0.25) is 15.9 Å². The molecule has 0 radical (unpaired) electrons. The van der Waals surface area contributed by atoms with Crippen LogP contribution in [0.2, 0.25) is 0 Å². The molecule has 0 saturated carbocycles. The van der Waals surface area contributed by atoms with E-state index in [2.05, 4.69) is 11.4 Å². The first-order valence-corrected chi connectivity index (χ1v) is 11.7. The number of nitrogens with one attached hydrogen (secondary N) is 1. The molecule has 6 heteroatoms. The molecule has 1 N–H and O–H groups in total. The maximum absolute atomic E-state index is 13.2. The smallest absolute Gasteiger partial charge is 0.244 e. The summed E-state index contributed by atoms with van der Waals surface area (Å²) in [5, 5.41) is 3.02. The maximum Gasteiger partial charge on any atom is 0.244 e. The quantitative estimate of drug-likeness (QED) is 0.730. The second-order valence-corrected chi connectivity index (χ2v) is 9.78. The Morgan fingerprint density at radius 1 is 1.00 bits per heavy atom. The first kappa shape index (κ1) is 22.9. The number of sulfonamides is 1. The van der Waals surface area contributed by atoms with Crippen LogP contribution in [0.5, 0.6) is 0 Å². The van der Waals surface area contributed by atoms with E-state index >= 15 is 0 Å². The van der Waals surface area contributed by atoms with Gasteiger partial charge < -0.3 is 5.32 Å². The number of benzene rings is 2. The molecule has 0 bridgehead atoms. The van der Waals surface area contributed by atoms with E-state index in [0.717, 1.165) is 34.1 Å². The summed E-state index contributed by atoms with van der Waals surface area (Å²) in [6, 6.07) is 10.7. The lowest BCUT2D eigenvalue weighted by Gasteiger charge is -2.31. The first-order valence-electron chi connectivity index (χ1n) is 9.89. The molecule has 0 heterocycles. The van der Waals surface area contributed by atoms with E-state index in [4.69, 9.17) is 0 Å². The van der Waals surface area contributed by atoms with Gasteiger partial charge in [0.15, 0.2) is 0 Å². The van der Waals surface area contributed by atoms with Gasteiger partial charge in [-0.25, -0.2) is 8.42 Å². The fraction of sp³-hybridized carbons (Fsp3) is 0.435. The highest BCUT2D eigenvalue weighted by Crippen LogP contribution is 2.26. The summed E-state index contributed by atoms with van der Waals surface area (Å²) < 4.78 is 26.6. The summed E-state index contributed by atoms with van der Waals surface area (Å²) >= 11 is 0. The van der Waals surface area contributed by atoms with Crippen molar-refractivity contribution in [2.45, 2.75) is 60.0 Å². The van der Waals surface area contributed by atoms with Gasteiger partial charge in [-0.3, -0.25) is 9.10 Å². The summed E-state index contributed by atoms with van der Waals surface area (Å²) in [6.07, 6.45) is 1.51. The Kier molecular flexibility index (Phi) is 7.11. The zero-order valence-corrected chi connectivity index (χ0v) is 19.2. The van der Waals surface area contributed by atoms with E-state index in [-0.39, 0.29) is 11.9 Å². The van der Waals surface area contributed by atoms with E-state index in [9.17, 15) is 13.2 Å². The third-order valence-corrected chi connectivity index (χ3v) is 6.23. The first-order chi connectivity index (χ1) is 13.4. The molecular weight excluding hydrogens is 384 g/mol. The Bertz CT molecular complexity index is 979. The second kappa shape index (κ2) is 8.99. The van der Waals surface area contributed by atoms with Crippen LogP contribution >= 0.6 is 0 Å². The minimum atomic E-state index is -3.65. The predicted molar refractivity (Wildman–Crippen MR) is 120 cm³/mol. The molecule has 5 nitrogen and oxygen atoms in total. The molecule has 2 atom stereocenters. The van der Waals surface area contributed by atoms with Gasteiger partial charge in [-0.15, -0.1) is 0 Å². The van der Waals surface area contributed by atoms with Gasteiger partial charge in [-0.2, -0.15) is 0 Å². The number of carbonyl (C=O) groups is 1. The van der Waals surface area contributed by atoms with Gasteiger partial charge in [0.25, 0.3) is 0 Å². The number of nitrogens with zero attached hydrogens (tertiary/aromatic N) is 1. The zero-order valence-electron chi connectivity index (χ0n) is 18.4. The molecule has 2 aromatic carbocycles. The number of anilines is 1. The molecule has 158 valence electrons. The van der Waals surface area contributed by atoms with Crippen LogP contribution in [-0.4, -0.2) is 26.6 Å². The standard InChI is InChI=1S/C23H32N2O3S/c1-8-22(23(26)24-19(6)21-14-15(2)9-10-18(21)5)25(29(7,27)28)20-12-16(3)11-17(4)13-20/h9-14,19,22H,8H2,1-7H3,(H,24,26)/t19-,22-/m1/s1. The molecule has 1 amide bonds. The van der Waals surface area contributed by atoms with Gasteiger partial charge in [-0.1, -0.05) is 36.8 Å². The number of hydrogen-bond acceptors (Lipinski definition) is 3. The van der Waals surface area contributed by atoms with Crippen molar-refractivity contribution in [2.24, 2.45) is 0 Å². The summed E-state index contributed by atoms with van der Waals surface area (Å²) in [7, 11) is -3.65. The van der Waals surface area contributed by atoms with Crippen LogP contribution in [0.25, 0.3) is 0 Å². The lowest BCUT2D eigenvalue weighted by Crippen LogP contribution is -2.49. The summed E-state index contributed by atoms with van der Waals surface area (Å²) in [5.41, 5.74) is 5.66. The summed E-state index contributed by atoms with van der Waals surface area (Å²) in [4.78, 5) is 13.2. The van der Waals surface area contributed by atoms with Crippen LogP contribution in [0.3, 0.4) is 0 Å². The van der Waals surface area contributed by atoms with Crippen LogP contribution < -0.4 is 9.62 Å². The highest BCUT2D eigenvalue weighted by Gasteiger charge is 2.32. The molecule has 0 unspecified atom stereocenters. The SMILES string of the molecule is CC[C@H](C(=O)N[C@H](C)c1cc(C)ccc1C)N(c1cc(C)cc(C)c1)S(C)(=O)=O. The highest BCUT2D eigenvalue weighted by molar-refractivity contribution is 7.92. The number of carbonyl (C=O) groups excluding carboxylic acids is 1. The lowest BCUT2D eigenvalue weighted by molar-refractivity contribution is -0.122. The van der Waals surface area contributed by atoms with Gasteiger partial charge in [-0.05, 0) is 75.4 Å². The second-order valence-electron chi connectivity index (χ2n) is 7.92. The topological polar surface area (TPSA) is 66.5 Å². The van der Waals surface area contributed by atoms with E-state index < -0.39 is 16.1 Å². The average molecular weight is 417 g/mol. The van der Waals surface area contributed by atoms with Gasteiger partial charge >= 0.3 is 0 Å². The van der Waals surface area contributed by atoms with E-state index in [1.54, 1.807) is 12.1 Å². The molecule has 0 aliphatic heterocycles. The van der Waals surface area contributed by atoms with Crippen molar-refractivity contribution in [3.05, 3.63) is 64.2 Å². The van der Waals surface area contributed by atoms with Crippen molar-refractivity contribution in [2.75, 3.05) is 10.6 Å². The number of hydrogen-bond donors (Lipinski definition) is 1. The summed E-state index contributed by atoms with van der Waals surface area (Å²) in [5.74, 6) is -0.300. The molecular formula is C23H32N2O3S. The third kappa shape index (κ3) is 5.60. The maximum atomic E-state index is 13.2. The van der Waals surface area contributed by atoms with Crippen LogP contribution in [0.4, 0.5) is 5.69 Å². The molecule has 0 fully saturated rings. The molecule has 0 aliphatic carbocycles. The van der Waals surface area contributed by atoms with Crippen LogP contribution in [0.1, 0.15) is 54.1 Å². The zero-order chi connectivity index (χ0) is 21.9. The monoisotopic (exact) mass is 416 g/mol. The van der Waals surface area contributed by atoms with Crippen molar-refractivity contribution in [1.82, 2.24) is 5.32 Å². The Hall–Kier alpha value is -2.34. The van der Waals surface area contributed by atoms with E-state index in [1.807, 2.05) is 59.7 Å². The predicted octanol–water partition coefficient (Wildman–Crippen LogP) is 4.34. The van der Waals surface area contributed by atoms with E-state index in [1.165, 1.54) is 4.31 Å². The molecule has 2 rings (SSSR count). The molecule has 0 aliphatic rings. The van der Waals surface area contributed by atoms with Crippen molar-refractivity contribution >= 4 is 21.6 Å². The lowest BCUT2D eigenvalue weighted by atomic mass is 9.99. The third-order valence-electron chi connectivity index (χ3n) is 5.05. The molecule has 0 saturated heterocycles. The van der Waals surface area contributed by atoms with Crippen LogP contribution in [0, 0.1) is 27.7 Å². The molecule has 0 aromatic heterocycles. The number of amides is 1. The Morgan fingerprint density at radius 2 is 1.59 bits per heavy atom. The van der Waals surface area contributed by atoms with Crippen molar-refractivity contribution < 1.29 is 13.2 Å². The van der Waals surface area contributed by atoms with Crippen molar-refractivity contribution in [3.8, 4) is 0 Å². The number of rotatable bonds is 7. The highest BCUT2D eigenvalue weighted by atomic mass is 32.2. The largest absolute Gasteiger partial charge is 0.348 e. The fourth-order valence-corrected chi connectivity index (χ4v) is 4.95. The van der Waals surface area contributed by atoms with Crippen LogP contribution in [-0.2, 0) is 14.8 Å². The van der Waals surface area contributed by atoms with Crippen molar-refractivity contribution in [1.29, 1.82) is 0 Å². The van der Waals surface area contributed by atoms with Gasteiger partial charge in [0, 0.05) is 0 Å². The van der Waals surface area contributed by atoms with Crippen molar-refractivity contribution in [3.63, 3.8) is 0 Å². The summed E-state index contributed by atoms with van der Waals surface area (Å²) in [6.45, 7) is 11.6. The number of aryl methyl sites for hydroxylation is 4. The Labute approximate surface area is 175 Å². The minimum Gasteiger partial charge on any atom is -0.348 e. The fourth-order valence-electron chi connectivity index (χ4n) is 3.75. The molecule has 29 heavy (non-hydrogen) atoms.